The summed E-state index contributed by atoms with van der Waals surface area (Å²) < 4.78 is 39.4. The molecule has 176 valence electrons. The third-order valence-electron chi connectivity index (χ3n) is 5.28. The van der Waals surface area contributed by atoms with Crippen LogP contribution >= 0.6 is 11.6 Å². The molecule has 11 heteroatoms. The average molecular weight is 490 g/mol. The summed E-state index contributed by atoms with van der Waals surface area (Å²) in [5.41, 5.74) is 1.19. The Kier molecular flexibility index (Phi) is 6.87. The van der Waals surface area contributed by atoms with E-state index in [9.17, 15) is 18.4 Å². The maximum Gasteiger partial charge on any atom is 0.410 e. The first kappa shape index (κ1) is 23.4. The predicted molar refractivity (Wildman–Crippen MR) is 115 cm³/mol. The van der Waals surface area contributed by atoms with Gasteiger partial charge in [0.2, 0.25) is 0 Å². The standard InChI is InChI=1S/C23H18ClF2N3O5/c24-13-1-4-19(33-11-20(30)31)17(9-13)22-16-2-3-18(25)21(26)15(16)6-8-29(22)23(32)34-10-14-5-7-27-12-28-14/h1-5,7,9,12,22H,6,8,10-11H2,(H,30,31)/t22-/m0/s1. The fourth-order valence-corrected chi connectivity index (χ4v) is 3.99. The lowest BCUT2D eigenvalue weighted by Gasteiger charge is -2.37. The van der Waals surface area contributed by atoms with Gasteiger partial charge in [0, 0.05) is 23.3 Å². The Morgan fingerprint density at radius 3 is 2.74 bits per heavy atom. The SMILES string of the molecule is O=C(O)COc1ccc(Cl)cc1[C@@H]1c2ccc(F)c(F)c2CCN1C(=O)OCc1ccncn1. The fraction of sp³-hybridized carbons (Fsp3) is 0.217. The highest BCUT2D eigenvalue weighted by atomic mass is 35.5. The van der Waals surface area contributed by atoms with Crippen molar-refractivity contribution in [1.82, 2.24) is 14.9 Å². The van der Waals surface area contributed by atoms with Crippen LogP contribution in [0, 0.1) is 11.6 Å². The average Bonchev–Trinajstić information content (AvgIpc) is 2.84. The van der Waals surface area contributed by atoms with E-state index in [1.807, 2.05) is 0 Å². The van der Waals surface area contributed by atoms with Gasteiger partial charge >= 0.3 is 12.1 Å². The van der Waals surface area contributed by atoms with Crippen LogP contribution in [-0.4, -0.2) is 45.2 Å². The monoisotopic (exact) mass is 489 g/mol. The number of aliphatic carboxylic acids is 1. The van der Waals surface area contributed by atoms with Gasteiger partial charge in [-0.15, -0.1) is 0 Å². The van der Waals surface area contributed by atoms with Crippen LogP contribution in [0.3, 0.4) is 0 Å². The van der Waals surface area contributed by atoms with Crippen molar-refractivity contribution in [2.45, 2.75) is 19.1 Å². The molecule has 1 aliphatic heterocycles. The summed E-state index contributed by atoms with van der Waals surface area (Å²) >= 11 is 6.20. The number of carbonyl (C=O) groups is 2. The van der Waals surface area contributed by atoms with Crippen LogP contribution in [0.1, 0.15) is 28.4 Å². The lowest BCUT2D eigenvalue weighted by atomic mass is 9.87. The molecule has 1 amide bonds. The molecule has 1 aliphatic rings. The fourth-order valence-electron chi connectivity index (χ4n) is 3.81. The van der Waals surface area contributed by atoms with Gasteiger partial charge in [-0.1, -0.05) is 17.7 Å². The Hall–Kier alpha value is -3.79. The zero-order valence-electron chi connectivity index (χ0n) is 17.6. The zero-order valence-corrected chi connectivity index (χ0v) is 18.3. The number of carbonyl (C=O) groups excluding carboxylic acids is 1. The summed E-state index contributed by atoms with van der Waals surface area (Å²) in [6.07, 6.45) is 2.14. The number of ether oxygens (including phenoxy) is 2. The Labute approximate surface area is 197 Å². The van der Waals surface area contributed by atoms with Gasteiger partial charge in [-0.05, 0) is 47.9 Å². The molecule has 2 heterocycles. The van der Waals surface area contributed by atoms with Crippen LogP contribution in [0.15, 0.2) is 48.9 Å². The number of carboxylic acid groups (broad SMARTS) is 1. The van der Waals surface area contributed by atoms with Gasteiger partial charge in [-0.25, -0.2) is 28.3 Å². The van der Waals surface area contributed by atoms with Crippen molar-refractivity contribution in [2.75, 3.05) is 13.2 Å². The lowest BCUT2D eigenvalue weighted by Crippen LogP contribution is -2.41. The molecule has 0 radical (unpaired) electrons. The van der Waals surface area contributed by atoms with E-state index < -0.39 is 36.3 Å². The summed E-state index contributed by atoms with van der Waals surface area (Å²) in [7, 11) is 0. The van der Waals surface area contributed by atoms with Crippen molar-refractivity contribution >= 4 is 23.7 Å². The third-order valence-corrected chi connectivity index (χ3v) is 5.52. The molecule has 1 aromatic heterocycles. The molecule has 34 heavy (non-hydrogen) atoms. The number of carboxylic acids is 1. The molecule has 2 aromatic carbocycles. The van der Waals surface area contributed by atoms with Crippen LogP contribution in [0.25, 0.3) is 0 Å². The highest BCUT2D eigenvalue weighted by molar-refractivity contribution is 6.30. The van der Waals surface area contributed by atoms with E-state index in [1.165, 1.54) is 41.7 Å². The molecule has 0 unspecified atom stereocenters. The number of amides is 1. The minimum atomic E-state index is -1.21. The highest BCUT2D eigenvalue weighted by Crippen LogP contribution is 2.41. The van der Waals surface area contributed by atoms with E-state index >= 15 is 0 Å². The second kappa shape index (κ2) is 10.0. The zero-order chi connectivity index (χ0) is 24.2. The largest absolute Gasteiger partial charge is 0.482 e. The van der Waals surface area contributed by atoms with Crippen LogP contribution in [0.4, 0.5) is 13.6 Å². The van der Waals surface area contributed by atoms with Crippen molar-refractivity contribution in [1.29, 1.82) is 0 Å². The van der Waals surface area contributed by atoms with Crippen LogP contribution in [0.5, 0.6) is 5.75 Å². The second-order valence-corrected chi connectivity index (χ2v) is 7.83. The maximum absolute atomic E-state index is 14.6. The van der Waals surface area contributed by atoms with Gasteiger partial charge in [-0.2, -0.15) is 0 Å². The smallest absolute Gasteiger partial charge is 0.410 e. The lowest BCUT2D eigenvalue weighted by molar-refractivity contribution is -0.139. The molecular weight excluding hydrogens is 472 g/mol. The topological polar surface area (TPSA) is 102 Å². The predicted octanol–water partition coefficient (Wildman–Crippen LogP) is 4.16. The van der Waals surface area contributed by atoms with Gasteiger partial charge in [0.1, 0.15) is 18.7 Å². The Morgan fingerprint density at radius 1 is 1.18 bits per heavy atom. The summed E-state index contributed by atoms with van der Waals surface area (Å²) in [5, 5.41) is 9.32. The van der Waals surface area contributed by atoms with Crippen molar-refractivity contribution in [3.8, 4) is 5.75 Å². The first-order valence-electron chi connectivity index (χ1n) is 10.1. The minimum absolute atomic E-state index is 0.00549. The number of aromatic nitrogens is 2. The Balaban J connectivity index is 1.75. The van der Waals surface area contributed by atoms with Gasteiger partial charge < -0.3 is 14.6 Å². The quantitative estimate of drug-likeness (QED) is 0.554. The van der Waals surface area contributed by atoms with Gasteiger partial charge in [0.25, 0.3) is 0 Å². The molecule has 0 bridgehead atoms. The molecule has 1 atom stereocenters. The second-order valence-electron chi connectivity index (χ2n) is 7.39. The molecule has 3 aromatic rings. The van der Waals surface area contributed by atoms with Crippen LogP contribution in [0.2, 0.25) is 5.02 Å². The molecule has 0 saturated carbocycles. The van der Waals surface area contributed by atoms with E-state index in [1.54, 1.807) is 6.07 Å². The number of fused-ring (bicyclic) bond motifs is 1. The van der Waals surface area contributed by atoms with Gasteiger partial charge in [-0.3, -0.25) is 4.90 Å². The van der Waals surface area contributed by atoms with Crippen LogP contribution < -0.4 is 4.74 Å². The van der Waals surface area contributed by atoms with Gasteiger partial charge in [0.05, 0.1) is 11.7 Å². The molecule has 0 fully saturated rings. The molecule has 8 nitrogen and oxygen atoms in total. The number of halogens is 3. The molecule has 0 spiro atoms. The summed E-state index contributed by atoms with van der Waals surface area (Å²) in [5.74, 6) is -3.10. The van der Waals surface area contributed by atoms with E-state index in [0.717, 1.165) is 6.07 Å². The third kappa shape index (κ3) is 4.91. The number of hydrogen-bond acceptors (Lipinski definition) is 6. The number of hydrogen-bond donors (Lipinski definition) is 1. The van der Waals surface area contributed by atoms with Gasteiger partial charge in [0.15, 0.2) is 18.2 Å². The van der Waals surface area contributed by atoms with Crippen LogP contribution in [-0.2, 0) is 22.6 Å². The van der Waals surface area contributed by atoms with Crippen molar-refractivity contribution in [2.24, 2.45) is 0 Å². The molecule has 1 N–H and O–H groups in total. The maximum atomic E-state index is 14.6. The van der Waals surface area contributed by atoms with Crippen molar-refractivity contribution in [3.05, 3.63) is 88.0 Å². The molecule has 0 aliphatic carbocycles. The summed E-state index contributed by atoms with van der Waals surface area (Å²) in [6.45, 7) is -0.775. The first-order valence-corrected chi connectivity index (χ1v) is 10.5. The first-order chi connectivity index (χ1) is 16.3. The van der Waals surface area contributed by atoms with Crippen molar-refractivity contribution < 1.29 is 33.0 Å². The summed E-state index contributed by atoms with van der Waals surface area (Å²) in [4.78, 5) is 33.3. The van der Waals surface area contributed by atoms with E-state index in [0.29, 0.717) is 16.8 Å². The summed E-state index contributed by atoms with van der Waals surface area (Å²) in [6, 6.07) is 7.41. The normalized spacial score (nSPS) is 14.9. The minimum Gasteiger partial charge on any atom is -0.482 e. The molecular formula is C23H18ClF2N3O5. The Morgan fingerprint density at radius 2 is 2.00 bits per heavy atom. The number of benzene rings is 2. The Bertz CT molecular complexity index is 1230. The van der Waals surface area contributed by atoms with E-state index in [2.05, 4.69) is 9.97 Å². The van der Waals surface area contributed by atoms with E-state index in [4.69, 9.17) is 26.2 Å². The molecule has 0 saturated heterocycles. The van der Waals surface area contributed by atoms with Crippen molar-refractivity contribution in [3.63, 3.8) is 0 Å². The van der Waals surface area contributed by atoms with E-state index in [-0.39, 0.29) is 35.9 Å². The highest BCUT2D eigenvalue weighted by Gasteiger charge is 2.37. The number of nitrogens with zero attached hydrogens (tertiary/aromatic N) is 3. The molecule has 4 rings (SSSR count). The number of rotatable bonds is 6.